The number of halogens is 1. The molecule has 22 heavy (non-hydrogen) atoms. The van der Waals surface area contributed by atoms with Crippen molar-refractivity contribution in [3.8, 4) is 0 Å². The normalized spacial score (nSPS) is 23.4. The first-order valence-electron chi connectivity index (χ1n) is 7.81. The van der Waals surface area contributed by atoms with Gasteiger partial charge in [-0.05, 0) is 42.7 Å². The number of piperidine rings is 1. The molecular formula is C18H20ClN3. The lowest BCUT2D eigenvalue weighted by Gasteiger charge is -2.41. The highest BCUT2D eigenvalue weighted by molar-refractivity contribution is 6.31. The highest BCUT2D eigenvalue weighted by atomic mass is 35.5. The van der Waals surface area contributed by atoms with Crippen molar-refractivity contribution in [2.45, 2.75) is 24.9 Å². The van der Waals surface area contributed by atoms with Crippen LogP contribution >= 0.6 is 11.6 Å². The minimum atomic E-state index is 0.147. The first kappa shape index (κ1) is 13.9. The first-order chi connectivity index (χ1) is 10.7. The Hall–Kier alpha value is -1.71. The van der Waals surface area contributed by atoms with E-state index in [9.17, 15) is 0 Å². The summed E-state index contributed by atoms with van der Waals surface area (Å²) in [4.78, 5) is 4.70. The number of benzene rings is 2. The van der Waals surface area contributed by atoms with Crippen LogP contribution in [-0.4, -0.2) is 19.6 Å². The second-order valence-electron chi connectivity index (χ2n) is 6.20. The van der Waals surface area contributed by atoms with Crippen LogP contribution in [0.2, 0.25) is 5.02 Å². The fourth-order valence-electron chi connectivity index (χ4n) is 3.88. The molecule has 2 aliphatic rings. The molecule has 4 rings (SSSR count). The maximum absolute atomic E-state index is 6.52. The number of fused-ring (bicyclic) bond motifs is 5. The number of anilines is 3. The monoisotopic (exact) mass is 313 g/mol. The van der Waals surface area contributed by atoms with Gasteiger partial charge in [0.2, 0.25) is 0 Å². The Kier molecular flexibility index (Phi) is 3.28. The minimum absolute atomic E-state index is 0.147. The van der Waals surface area contributed by atoms with E-state index in [0.29, 0.717) is 0 Å². The molecule has 2 atom stereocenters. The molecule has 0 saturated carbocycles. The van der Waals surface area contributed by atoms with Crippen molar-refractivity contribution in [3.05, 3.63) is 53.1 Å². The largest absolute Gasteiger partial charge is 0.361 e. The van der Waals surface area contributed by atoms with E-state index in [1.807, 2.05) is 6.07 Å². The average molecular weight is 314 g/mol. The highest BCUT2D eigenvalue weighted by Crippen LogP contribution is 2.47. The van der Waals surface area contributed by atoms with Crippen molar-refractivity contribution in [2.75, 3.05) is 23.4 Å². The molecule has 0 aliphatic carbocycles. The van der Waals surface area contributed by atoms with Crippen molar-refractivity contribution in [3.63, 3.8) is 0 Å². The predicted molar refractivity (Wildman–Crippen MR) is 93.3 cm³/mol. The number of hydrogen-bond donors (Lipinski definition) is 1. The summed E-state index contributed by atoms with van der Waals surface area (Å²) in [6, 6.07) is 15.1. The van der Waals surface area contributed by atoms with Gasteiger partial charge in [-0.15, -0.1) is 0 Å². The van der Waals surface area contributed by atoms with Crippen LogP contribution in [0, 0.1) is 0 Å². The summed E-state index contributed by atoms with van der Waals surface area (Å²) < 4.78 is 0. The summed E-state index contributed by atoms with van der Waals surface area (Å²) in [6.07, 6.45) is 2.19. The first-order valence-corrected chi connectivity index (χ1v) is 8.19. The Morgan fingerprint density at radius 1 is 1.09 bits per heavy atom. The van der Waals surface area contributed by atoms with E-state index in [1.165, 1.54) is 22.6 Å². The third-order valence-corrected chi connectivity index (χ3v) is 5.14. The SMILES string of the molecule is CN1c2ccccc2C2C(N)CCCN2c2cc(Cl)ccc21. The summed E-state index contributed by atoms with van der Waals surface area (Å²) in [5, 5.41) is 0.774. The minimum Gasteiger partial charge on any atom is -0.361 e. The molecule has 3 nitrogen and oxygen atoms in total. The van der Waals surface area contributed by atoms with E-state index in [4.69, 9.17) is 17.3 Å². The highest BCUT2D eigenvalue weighted by Gasteiger charge is 2.36. The van der Waals surface area contributed by atoms with Crippen LogP contribution in [0.25, 0.3) is 0 Å². The van der Waals surface area contributed by atoms with Gasteiger partial charge in [-0.3, -0.25) is 0 Å². The van der Waals surface area contributed by atoms with E-state index in [-0.39, 0.29) is 12.1 Å². The van der Waals surface area contributed by atoms with E-state index in [0.717, 1.165) is 24.4 Å². The number of nitrogens with zero attached hydrogens (tertiary/aromatic N) is 2. The molecule has 4 heteroatoms. The van der Waals surface area contributed by atoms with Gasteiger partial charge < -0.3 is 15.5 Å². The summed E-state index contributed by atoms with van der Waals surface area (Å²) in [6.45, 7) is 1.02. The molecular weight excluding hydrogens is 294 g/mol. The lowest BCUT2D eigenvalue weighted by molar-refractivity contribution is 0.411. The van der Waals surface area contributed by atoms with Gasteiger partial charge in [0.1, 0.15) is 0 Å². The fourth-order valence-corrected chi connectivity index (χ4v) is 4.04. The molecule has 0 bridgehead atoms. The predicted octanol–water partition coefficient (Wildman–Crippen LogP) is 4.09. The van der Waals surface area contributed by atoms with Crippen LogP contribution < -0.4 is 15.5 Å². The zero-order chi connectivity index (χ0) is 15.3. The lowest BCUT2D eigenvalue weighted by Crippen LogP contribution is -2.45. The summed E-state index contributed by atoms with van der Waals surface area (Å²) in [5.74, 6) is 0. The van der Waals surface area contributed by atoms with E-state index in [2.05, 4.69) is 53.2 Å². The molecule has 2 unspecified atom stereocenters. The molecule has 1 fully saturated rings. The standard InChI is InChI=1S/C18H20ClN3/c1-21-15-7-3-2-5-13(15)18-14(20)6-4-10-22(18)17-11-12(19)8-9-16(17)21/h2-3,5,7-9,11,14,18H,4,6,10,20H2,1H3. The average Bonchev–Trinajstić information content (AvgIpc) is 2.63. The van der Waals surface area contributed by atoms with Crippen LogP contribution in [0.5, 0.6) is 0 Å². The number of rotatable bonds is 0. The van der Waals surface area contributed by atoms with E-state index < -0.39 is 0 Å². The van der Waals surface area contributed by atoms with Gasteiger partial charge in [0, 0.05) is 30.3 Å². The lowest BCUT2D eigenvalue weighted by atomic mass is 9.90. The smallest absolute Gasteiger partial charge is 0.0714 e. The molecule has 2 aliphatic heterocycles. The number of para-hydroxylation sites is 1. The fraction of sp³-hybridized carbons (Fsp3) is 0.333. The van der Waals surface area contributed by atoms with Gasteiger partial charge in [-0.1, -0.05) is 29.8 Å². The van der Waals surface area contributed by atoms with Gasteiger partial charge in [0.25, 0.3) is 0 Å². The molecule has 2 heterocycles. The molecule has 114 valence electrons. The summed E-state index contributed by atoms with van der Waals surface area (Å²) in [5.41, 5.74) is 11.4. The van der Waals surface area contributed by atoms with Crippen molar-refractivity contribution >= 4 is 28.7 Å². The summed E-state index contributed by atoms with van der Waals surface area (Å²) in [7, 11) is 2.12. The number of nitrogens with two attached hydrogens (primary N) is 1. The summed E-state index contributed by atoms with van der Waals surface area (Å²) >= 11 is 6.28. The van der Waals surface area contributed by atoms with Crippen LogP contribution in [0.15, 0.2) is 42.5 Å². The molecule has 0 radical (unpaired) electrons. The molecule has 0 spiro atoms. The van der Waals surface area contributed by atoms with Crippen molar-refractivity contribution in [1.29, 1.82) is 0 Å². The van der Waals surface area contributed by atoms with Crippen molar-refractivity contribution in [1.82, 2.24) is 0 Å². The van der Waals surface area contributed by atoms with E-state index in [1.54, 1.807) is 0 Å². The number of hydrogen-bond acceptors (Lipinski definition) is 3. The molecule has 2 N–H and O–H groups in total. The van der Waals surface area contributed by atoms with Crippen LogP contribution in [0.3, 0.4) is 0 Å². The molecule has 0 amide bonds. The third-order valence-electron chi connectivity index (χ3n) is 4.90. The second kappa shape index (κ2) is 5.18. The van der Waals surface area contributed by atoms with Gasteiger partial charge in [-0.25, -0.2) is 0 Å². The van der Waals surface area contributed by atoms with Gasteiger partial charge in [0.15, 0.2) is 0 Å². The topological polar surface area (TPSA) is 32.5 Å². The van der Waals surface area contributed by atoms with E-state index >= 15 is 0 Å². The van der Waals surface area contributed by atoms with Crippen molar-refractivity contribution < 1.29 is 0 Å². The zero-order valence-corrected chi connectivity index (χ0v) is 13.4. The zero-order valence-electron chi connectivity index (χ0n) is 12.7. The Labute approximate surface area is 136 Å². The van der Waals surface area contributed by atoms with Gasteiger partial charge >= 0.3 is 0 Å². The molecule has 2 aromatic carbocycles. The molecule has 2 aromatic rings. The molecule has 0 aromatic heterocycles. The van der Waals surface area contributed by atoms with Gasteiger partial charge in [0.05, 0.1) is 17.4 Å². The van der Waals surface area contributed by atoms with Crippen LogP contribution in [0.1, 0.15) is 24.4 Å². The Morgan fingerprint density at radius 3 is 2.77 bits per heavy atom. The Morgan fingerprint density at radius 2 is 1.91 bits per heavy atom. The van der Waals surface area contributed by atoms with Crippen molar-refractivity contribution in [2.24, 2.45) is 5.73 Å². The van der Waals surface area contributed by atoms with Crippen LogP contribution in [0.4, 0.5) is 17.1 Å². The second-order valence-corrected chi connectivity index (χ2v) is 6.63. The molecule has 1 saturated heterocycles. The van der Waals surface area contributed by atoms with Gasteiger partial charge in [-0.2, -0.15) is 0 Å². The maximum atomic E-state index is 6.52. The van der Waals surface area contributed by atoms with Crippen LogP contribution in [-0.2, 0) is 0 Å². The third kappa shape index (κ3) is 2.00. The quantitative estimate of drug-likeness (QED) is 0.795. The Balaban J connectivity index is 1.99. The maximum Gasteiger partial charge on any atom is 0.0714 e. The Bertz CT molecular complexity index is 715.